The Kier molecular flexibility index (Phi) is 5.20. The van der Waals surface area contributed by atoms with Gasteiger partial charge in [-0.15, -0.1) is 11.3 Å². The molecule has 1 aromatic carbocycles. The van der Waals surface area contributed by atoms with Crippen molar-refractivity contribution in [3.8, 4) is 10.7 Å². The van der Waals surface area contributed by atoms with Crippen molar-refractivity contribution in [1.29, 1.82) is 0 Å². The molecule has 0 atom stereocenters. The molecule has 0 saturated carbocycles. The minimum absolute atomic E-state index is 0.0778. The minimum Gasteiger partial charge on any atom is -0.351 e. The first-order valence-electron chi connectivity index (χ1n) is 7.61. The fourth-order valence-corrected chi connectivity index (χ4v) is 2.95. The molecule has 0 bridgehead atoms. The number of aromatic nitrogens is 2. The van der Waals surface area contributed by atoms with Gasteiger partial charge in [-0.2, -0.15) is 4.98 Å². The molecule has 3 aromatic rings. The van der Waals surface area contributed by atoms with Crippen LogP contribution in [-0.4, -0.2) is 22.0 Å². The predicted octanol–water partition coefficient (Wildman–Crippen LogP) is 2.36. The Bertz CT molecular complexity index is 873. The molecule has 0 unspecified atom stereocenters. The van der Waals surface area contributed by atoms with Gasteiger partial charge in [0.15, 0.2) is 0 Å². The molecular formula is C17H16N4O3S. The Labute approximate surface area is 148 Å². The van der Waals surface area contributed by atoms with Gasteiger partial charge in [0, 0.05) is 17.4 Å². The van der Waals surface area contributed by atoms with Gasteiger partial charge in [-0.1, -0.05) is 23.4 Å². The fraction of sp³-hybridized carbons (Fsp3) is 0.176. The number of nitrogens with one attached hydrogen (secondary N) is 2. The second kappa shape index (κ2) is 7.71. The van der Waals surface area contributed by atoms with E-state index >= 15 is 0 Å². The summed E-state index contributed by atoms with van der Waals surface area (Å²) in [5.41, 5.74) is 0.572. The maximum Gasteiger partial charge on any atom is 0.251 e. The van der Waals surface area contributed by atoms with Gasteiger partial charge in [-0.3, -0.25) is 9.59 Å². The largest absolute Gasteiger partial charge is 0.351 e. The number of benzene rings is 1. The molecular weight excluding hydrogens is 340 g/mol. The molecule has 0 spiro atoms. The standard InChI is InChI=1S/C17H16N4O3S/c1-11(22)18-9-13-7-8-14(25-13)16-20-15(24-21-16)10-19-17(23)12-5-3-2-4-6-12/h2-8H,9-10H2,1H3,(H,18,22)(H,19,23). The van der Waals surface area contributed by atoms with E-state index in [1.165, 1.54) is 18.3 Å². The average molecular weight is 356 g/mol. The first-order chi connectivity index (χ1) is 12.1. The van der Waals surface area contributed by atoms with Crippen molar-refractivity contribution < 1.29 is 14.1 Å². The van der Waals surface area contributed by atoms with E-state index in [1.807, 2.05) is 18.2 Å². The SMILES string of the molecule is CC(=O)NCc1ccc(-c2noc(CNC(=O)c3ccccc3)n2)s1. The van der Waals surface area contributed by atoms with Gasteiger partial charge in [0.25, 0.3) is 5.91 Å². The summed E-state index contributed by atoms with van der Waals surface area (Å²) < 4.78 is 5.17. The van der Waals surface area contributed by atoms with Crippen LogP contribution in [0.5, 0.6) is 0 Å². The number of carbonyl (C=O) groups excluding carboxylic acids is 2. The Balaban J connectivity index is 1.59. The smallest absolute Gasteiger partial charge is 0.251 e. The van der Waals surface area contributed by atoms with Crippen molar-refractivity contribution in [2.45, 2.75) is 20.0 Å². The molecule has 0 fully saturated rings. The van der Waals surface area contributed by atoms with Gasteiger partial charge in [-0.05, 0) is 24.3 Å². The maximum absolute atomic E-state index is 12.0. The minimum atomic E-state index is -0.200. The van der Waals surface area contributed by atoms with Crippen molar-refractivity contribution in [2.24, 2.45) is 0 Å². The van der Waals surface area contributed by atoms with E-state index in [2.05, 4.69) is 20.8 Å². The van der Waals surface area contributed by atoms with Gasteiger partial charge in [0.05, 0.1) is 18.0 Å². The summed E-state index contributed by atoms with van der Waals surface area (Å²) in [5, 5.41) is 9.41. The number of hydrogen-bond donors (Lipinski definition) is 2. The summed E-state index contributed by atoms with van der Waals surface area (Å²) >= 11 is 1.48. The molecule has 128 valence electrons. The summed E-state index contributed by atoms with van der Waals surface area (Å²) in [6, 6.07) is 12.7. The number of amides is 2. The van der Waals surface area contributed by atoms with Crippen LogP contribution in [0.15, 0.2) is 47.0 Å². The lowest BCUT2D eigenvalue weighted by atomic mass is 10.2. The van der Waals surface area contributed by atoms with Crippen LogP contribution in [0.1, 0.15) is 28.0 Å². The Morgan fingerprint density at radius 3 is 2.64 bits per heavy atom. The van der Waals surface area contributed by atoms with Crippen LogP contribution in [-0.2, 0) is 17.9 Å². The summed E-state index contributed by atoms with van der Waals surface area (Å²) in [4.78, 5) is 29.1. The van der Waals surface area contributed by atoms with Gasteiger partial charge in [0.1, 0.15) is 0 Å². The van der Waals surface area contributed by atoms with Gasteiger partial charge >= 0.3 is 0 Å². The molecule has 0 saturated heterocycles. The van der Waals surface area contributed by atoms with Crippen LogP contribution >= 0.6 is 11.3 Å². The Morgan fingerprint density at radius 1 is 1.08 bits per heavy atom. The number of thiophene rings is 1. The highest BCUT2D eigenvalue weighted by atomic mass is 32.1. The van der Waals surface area contributed by atoms with E-state index in [0.29, 0.717) is 23.8 Å². The summed E-state index contributed by atoms with van der Waals surface area (Å²) in [5.74, 6) is 0.513. The monoisotopic (exact) mass is 356 g/mol. The van der Waals surface area contributed by atoms with Gasteiger partial charge in [0.2, 0.25) is 17.6 Å². The molecule has 2 amide bonds. The molecule has 0 aliphatic carbocycles. The molecule has 2 N–H and O–H groups in total. The number of rotatable bonds is 6. The molecule has 2 heterocycles. The molecule has 3 rings (SSSR count). The zero-order valence-corrected chi connectivity index (χ0v) is 14.3. The fourth-order valence-electron chi connectivity index (χ4n) is 2.08. The van der Waals surface area contributed by atoms with E-state index < -0.39 is 0 Å². The van der Waals surface area contributed by atoms with Crippen molar-refractivity contribution >= 4 is 23.2 Å². The quantitative estimate of drug-likeness (QED) is 0.707. The molecule has 2 aromatic heterocycles. The molecule has 0 aliphatic heterocycles. The van der Waals surface area contributed by atoms with E-state index in [9.17, 15) is 9.59 Å². The van der Waals surface area contributed by atoms with Crippen molar-refractivity contribution in [3.05, 3.63) is 58.8 Å². The maximum atomic E-state index is 12.0. The molecule has 0 radical (unpaired) electrons. The van der Waals surface area contributed by atoms with Crippen molar-refractivity contribution in [1.82, 2.24) is 20.8 Å². The normalized spacial score (nSPS) is 10.4. The third-order valence-corrected chi connectivity index (χ3v) is 4.38. The van der Waals surface area contributed by atoms with Crippen LogP contribution < -0.4 is 10.6 Å². The molecule has 8 heteroatoms. The lowest BCUT2D eigenvalue weighted by molar-refractivity contribution is -0.119. The van der Waals surface area contributed by atoms with Crippen LogP contribution in [0, 0.1) is 0 Å². The second-order valence-corrected chi connectivity index (χ2v) is 6.40. The number of nitrogens with zero attached hydrogens (tertiary/aromatic N) is 2. The first kappa shape index (κ1) is 16.8. The zero-order valence-electron chi connectivity index (χ0n) is 13.5. The zero-order chi connectivity index (χ0) is 17.6. The van der Waals surface area contributed by atoms with Crippen LogP contribution in [0.3, 0.4) is 0 Å². The topological polar surface area (TPSA) is 97.1 Å². The third-order valence-electron chi connectivity index (χ3n) is 3.30. The Morgan fingerprint density at radius 2 is 1.88 bits per heavy atom. The van der Waals surface area contributed by atoms with E-state index in [4.69, 9.17) is 4.52 Å². The lowest BCUT2D eigenvalue weighted by Crippen LogP contribution is -2.22. The van der Waals surface area contributed by atoms with Gasteiger partial charge < -0.3 is 15.2 Å². The highest BCUT2D eigenvalue weighted by molar-refractivity contribution is 7.15. The number of carbonyl (C=O) groups is 2. The highest BCUT2D eigenvalue weighted by Gasteiger charge is 2.12. The van der Waals surface area contributed by atoms with Crippen LogP contribution in [0.25, 0.3) is 10.7 Å². The second-order valence-electron chi connectivity index (χ2n) is 5.24. The average Bonchev–Trinajstić information content (AvgIpc) is 3.27. The van der Waals surface area contributed by atoms with Crippen molar-refractivity contribution in [3.63, 3.8) is 0 Å². The first-order valence-corrected chi connectivity index (χ1v) is 8.43. The van der Waals surface area contributed by atoms with Crippen LogP contribution in [0.4, 0.5) is 0 Å². The molecule has 25 heavy (non-hydrogen) atoms. The van der Waals surface area contributed by atoms with Gasteiger partial charge in [-0.25, -0.2) is 0 Å². The van der Waals surface area contributed by atoms with Crippen LogP contribution in [0.2, 0.25) is 0 Å². The van der Waals surface area contributed by atoms with Crippen molar-refractivity contribution in [2.75, 3.05) is 0 Å². The molecule has 0 aliphatic rings. The van der Waals surface area contributed by atoms with E-state index in [-0.39, 0.29) is 18.4 Å². The van der Waals surface area contributed by atoms with E-state index in [1.54, 1.807) is 24.3 Å². The summed E-state index contributed by atoms with van der Waals surface area (Å²) in [7, 11) is 0. The third kappa shape index (κ3) is 4.51. The predicted molar refractivity (Wildman–Crippen MR) is 92.7 cm³/mol. The summed E-state index contributed by atoms with van der Waals surface area (Å²) in [6.45, 7) is 2.10. The summed E-state index contributed by atoms with van der Waals surface area (Å²) in [6.07, 6.45) is 0. The molecule has 7 nitrogen and oxygen atoms in total. The lowest BCUT2D eigenvalue weighted by Gasteiger charge is -2.01. The highest BCUT2D eigenvalue weighted by Crippen LogP contribution is 2.25. The Hall–Kier alpha value is -3.00. The van der Waals surface area contributed by atoms with E-state index in [0.717, 1.165) is 9.75 Å². The number of hydrogen-bond acceptors (Lipinski definition) is 6.